The third kappa shape index (κ3) is 6.07. The highest BCUT2D eigenvalue weighted by Gasteiger charge is 2.26. The Morgan fingerprint density at radius 2 is 1.87 bits per heavy atom. The predicted octanol–water partition coefficient (Wildman–Crippen LogP) is 3.86. The number of anilines is 3. The van der Waals surface area contributed by atoms with Gasteiger partial charge in [-0.25, -0.2) is 15.0 Å². The van der Waals surface area contributed by atoms with Gasteiger partial charge >= 0.3 is 5.97 Å². The van der Waals surface area contributed by atoms with Crippen molar-refractivity contribution in [3.8, 4) is 11.3 Å². The zero-order chi connectivity index (χ0) is 26.6. The van der Waals surface area contributed by atoms with Crippen LogP contribution in [0.4, 0.5) is 17.5 Å². The Bertz CT molecular complexity index is 1440. The molecule has 5 rings (SSSR count). The summed E-state index contributed by atoms with van der Waals surface area (Å²) in [6, 6.07) is 10.7. The van der Waals surface area contributed by atoms with Crippen molar-refractivity contribution in [3.63, 3.8) is 0 Å². The second kappa shape index (κ2) is 11.4. The summed E-state index contributed by atoms with van der Waals surface area (Å²) in [5.74, 6) is 1.28. The molecule has 0 radical (unpaired) electrons. The van der Waals surface area contributed by atoms with Gasteiger partial charge in [0.05, 0.1) is 29.1 Å². The fraction of sp³-hybridized carbons (Fsp3) is 0.320. The van der Waals surface area contributed by atoms with Gasteiger partial charge in [0.2, 0.25) is 5.95 Å². The molecule has 4 aromatic rings. The molecule has 1 saturated heterocycles. The number of benzene rings is 1. The fourth-order valence-corrected chi connectivity index (χ4v) is 4.95. The fourth-order valence-electron chi connectivity index (χ4n) is 4.44. The third-order valence-electron chi connectivity index (χ3n) is 6.36. The molecule has 38 heavy (non-hydrogen) atoms. The lowest BCUT2D eigenvalue weighted by molar-refractivity contribution is -0.138. The summed E-state index contributed by atoms with van der Waals surface area (Å²) in [4.78, 5) is 26.9. The minimum atomic E-state index is -0.814. The lowest BCUT2D eigenvalue weighted by Gasteiger charge is -2.29. The Labute approximate surface area is 229 Å². The molecular weight excluding hydrogens is 529 g/mol. The van der Waals surface area contributed by atoms with E-state index in [1.165, 1.54) is 0 Å². The number of rotatable bonds is 9. The molecule has 5 N–H and O–H groups in total. The highest BCUT2D eigenvalue weighted by atomic mass is 35.5. The van der Waals surface area contributed by atoms with Crippen molar-refractivity contribution in [2.45, 2.75) is 18.8 Å². The number of nitrogens with one attached hydrogen (secondary N) is 2. The molecule has 0 saturated carbocycles. The van der Waals surface area contributed by atoms with E-state index in [9.17, 15) is 4.79 Å². The van der Waals surface area contributed by atoms with Gasteiger partial charge in [0.1, 0.15) is 5.82 Å². The maximum absolute atomic E-state index is 11.1. The Morgan fingerprint density at radius 3 is 2.58 bits per heavy atom. The van der Waals surface area contributed by atoms with Crippen molar-refractivity contribution >= 4 is 52.3 Å². The van der Waals surface area contributed by atoms with Crippen molar-refractivity contribution in [2.24, 2.45) is 0 Å². The molecule has 198 valence electrons. The van der Waals surface area contributed by atoms with Crippen LogP contribution < -0.4 is 16.4 Å². The number of likely N-dealkylation sites (tertiary alicyclic amines) is 1. The number of carbonyl (C=O) groups is 1. The van der Waals surface area contributed by atoms with Crippen LogP contribution in [0, 0.1) is 0 Å². The minimum Gasteiger partial charge on any atom is -0.480 e. The number of hydrogen-bond donors (Lipinski definition) is 4. The average molecular weight is 556 g/mol. The lowest BCUT2D eigenvalue weighted by Crippen LogP contribution is -2.36. The van der Waals surface area contributed by atoms with Gasteiger partial charge in [0, 0.05) is 35.7 Å². The van der Waals surface area contributed by atoms with E-state index in [1.54, 1.807) is 28.9 Å². The molecule has 1 aliphatic rings. The SMILES string of the molecule is Nc1ccc(NCCNc2nc(-c3ccc(Cl)cc3Cl)cc3nc(C4CCN(CC(=O)O)CC4)nn23)nc1. The topological polar surface area (TPSA) is 147 Å². The van der Waals surface area contributed by atoms with E-state index < -0.39 is 5.97 Å². The number of fused-ring (bicyclic) bond motifs is 1. The molecule has 1 aromatic carbocycles. The molecule has 3 aromatic heterocycles. The Morgan fingerprint density at radius 1 is 1.08 bits per heavy atom. The first-order chi connectivity index (χ1) is 18.4. The first-order valence-corrected chi connectivity index (χ1v) is 13.0. The molecule has 0 unspecified atom stereocenters. The van der Waals surface area contributed by atoms with Crippen LogP contribution in [0.1, 0.15) is 24.6 Å². The quantitative estimate of drug-likeness (QED) is 0.224. The summed E-state index contributed by atoms with van der Waals surface area (Å²) in [7, 11) is 0. The van der Waals surface area contributed by atoms with Gasteiger partial charge < -0.3 is 21.5 Å². The number of nitrogen functional groups attached to an aromatic ring is 1. The van der Waals surface area contributed by atoms with E-state index in [-0.39, 0.29) is 12.5 Å². The number of carboxylic acid groups (broad SMARTS) is 1. The normalized spacial score (nSPS) is 14.6. The number of carboxylic acids is 1. The van der Waals surface area contributed by atoms with E-state index >= 15 is 0 Å². The van der Waals surface area contributed by atoms with Crippen LogP contribution in [0.25, 0.3) is 16.9 Å². The number of halogens is 2. The Balaban J connectivity index is 1.39. The molecule has 13 heteroatoms. The van der Waals surface area contributed by atoms with E-state index in [0.29, 0.717) is 65.0 Å². The first-order valence-electron chi connectivity index (χ1n) is 12.2. The number of nitrogens with two attached hydrogens (primary N) is 1. The van der Waals surface area contributed by atoms with E-state index in [4.69, 9.17) is 49.1 Å². The summed E-state index contributed by atoms with van der Waals surface area (Å²) in [5, 5.41) is 21.5. The smallest absolute Gasteiger partial charge is 0.317 e. The van der Waals surface area contributed by atoms with Gasteiger partial charge in [-0.1, -0.05) is 23.2 Å². The second-order valence-corrected chi connectivity index (χ2v) is 9.95. The maximum Gasteiger partial charge on any atom is 0.317 e. The number of nitrogens with zero attached hydrogens (tertiary/aromatic N) is 6. The number of pyridine rings is 1. The number of aliphatic carboxylic acids is 1. The van der Waals surface area contributed by atoms with Crippen LogP contribution in [0.5, 0.6) is 0 Å². The molecule has 0 aliphatic carbocycles. The molecule has 0 atom stereocenters. The number of hydrogen-bond acceptors (Lipinski definition) is 9. The van der Waals surface area contributed by atoms with Gasteiger partial charge in [-0.3, -0.25) is 9.69 Å². The van der Waals surface area contributed by atoms with Gasteiger partial charge in [-0.2, -0.15) is 4.52 Å². The van der Waals surface area contributed by atoms with Crippen molar-refractivity contribution in [2.75, 3.05) is 49.1 Å². The molecule has 11 nitrogen and oxygen atoms in total. The summed E-state index contributed by atoms with van der Waals surface area (Å²) in [6.07, 6.45) is 3.17. The lowest BCUT2D eigenvalue weighted by atomic mass is 9.96. The second-order valence-electron chi connectivity index (χ2n) is 9.10. The highest BCUT2D eigenvalue weighted by Crippen LogP contribution is 2.32. The zero-order valence-electron chi connectivity index (χ0n) is 20.4. The Kier molecular flexibility index (Phi) is 7.77. The number of aromatic nitrogens is 5. The van der Waals surface area contributed by atoms with E-state index in [2.05, 4.69) is 15.6 Å². The summed E-state index contributed by atoms with van der Waals surface area (Å²) in [5.41, 5.74) is 8.32. The van der Waals surface area contributed by atoms with Gasteiger partial charge in [-0.05, 0) is 56.3 Å². The van der Waals surface area contributed by atoms with Crippen LogP contribution in [0.3, 0.4) is 0 Å². The monoisotopic (exact) mass is 555 g/mol. The molecular formula is C25H27Cl2N9O2. The van der Waals surface area contributed by atoms with Crippen molar-refractivity contribution < 1.29 is 9.90 Å². The van der Waals surface area contributed by atoms with Crippen LogP contribution in [0.2, 0.25) is 10.0 Å². The predicted molar refractivity (Wildman–Crippen MR) is 148 cm³/mol. The van der Waals surface area contributed by atoms with Crippen molar-refractivity contribution in [1.29, 1.82) is 0 Å². The summed E-state index contributed by atoms with van der Waals surface area (Å²) in [6.45, 7) is 2.54. The molecule has 0 spiro atoms. The van der Waals surface area contributed by atoms with E-state index in [0.717, 1.165) is 24.2 Å². The van der Waals surface area contributed by atoms with Gasteiger partial charge in [-0.15, -0.1) is 5.10 Å². The molecule has 0 amide bonds. The average Bonchev–Trinajstić information content (AvgIpc) is 3.32. The highest BCUT2D eigenvalue weighted by molar-refractivity contribution is 6.36. The Hall–Kier alpha value is -3.67. The van der Waals surface area contributed by atoms with Crippen LogP contribution in [-0.4, -0.2) is 73.3 Å². The summed E-state index contributed by atoms with van der Waals surface area (Å²) >= 11 is 12.6. The largest absolute Gasteiger partial charge is 0.480 e. The zero-order valence-corrected chi connectivity index (χ0v) is 22.0. The first kappa shape index (κ1) is 26.0. The van der Waals surface area contributed by atoms with Crippen LogP contribution >= 0.6 is 23.2 Å². The molecule has 0 bridgehead atoms. The molecule has 4 heterocycles. The minimum absolute atomic E-state index is 0.0500. The third-order valence-corrected chi connectivity index (χ3v) is 6.91. The molecule has 1 fully saturated rings. The van der Waals surface area contributed by atoms with Crippen LogP contribution in [-0.2, 0) is 4.79 Å². The van der Waals surface area contributed by atoms with E-state index in [1.807, 2.05) is 23.1 Å². The summed E-state index contributed by atoms with van der Waals surface area (Å²) < 4.78 is 1.70. The van der Waals surface area contributed by atoms with Crippen molar-refractivity contribution in [3.05, 3.63) is 58.5 Å². The number of piperidine rings is 1. The van der Waals surface area contributed by atoms with Crippen LogP contribution in [0.15, 0.2) is 42.6 Å². The standard InChI is InChI=1S/C25H27Cl2N9O2/c26-16-1-3-18(19(27)11-16)20-12-22-33-24(15-5-9-35(10-6-15)14-23(37)38)34-36(22)25(32-20)30-8-7-29-21-4-2-17(28)13-31-21/h1-4,11-13,15H,5-10,14,28H2,(H,29,31)(H,30,32)(H,37,38). The maximum atomic E-state index is 11.1. The molecule has 1 aliphatic heterocycles. The van der Waals surface area contributed by atoms with Crippen molar-refractivity contribution in [1.82, 2.24) is 29.5 Å². The van der Waals surface area contributed by atoms with Gasteiger partial charge in [0.15, 0.2) is 11.5 Å². The van der Waals surface area contributed by atoms with Gasteiger partial charge in [0.25, 0.3) is 0 Å².